The van der Waals surface area contributed by atoms with Gasteiger partial charge in [-0.2, -0.15) is 0 Å². The summed E-state index contributed by atoms with van der Waals surface area (Å²) in [5, 5.41) is 0. The molecule has 0 aromatic carbocycles. The molecule has 0 spiro atoms. The molecule has 0 radical (unpaired) electrons. The van der Waals surface area contributed by atoms with Crippen molar-refractivity contribution in [3.8, 4) is 0 Å². The molecule has 0 heterocycles. The topological polar surface area (TPSA) is 78.9 Å². The van der Waals surface area contributed by atoms with Gasteiger partial charge in [0.25, 0.3) is 0 Å². The van der Waals surface area contributed by atoms with Crippen LogP contribution in [0.5, 0.6) is 0 Å². The Labute approximate surface area is 365 Å². The first-order valence-electron chi connectivity index (χ1n) is 25.5. The zero-order valence-corrected chi connectivity index (χ0v) is 39.3. The number of carbonyl (C=O) groups is 3. The summed E-state index contributed by atoms with van der Waals surface area (Å²) in [7, 11) is 0. The van der Waals surface area contributed by atoms with Crippen LogP contribution < -0.4 is 0 Å². The minimum atomic E-state index is -0.770. The summed E-state index contributed by atoms with van der Waals surface area (Å²) in [5.74, 6) is -0.885. The summed E-state index contributed by atoms with van der Waals surface area (Å²) in [6, 6.07) is 0. The summed E-state index contributed by atoms with van der Waals surface area (Å²) in [4.78, 5) is 37.7. The molecule has 0 aromatic rings. The Balaban J connectivity index is 4.23. The lowest BCUT2D eigenvalue weighted by Gasteiger charge is -2.18. The van der Waals surface area contributed by atoms with Crippen LogP contribution in [0.4, 0.5) is 0 Å². The molecule has 0 fully saturated rings. The van der Waals surface area contributed by atoms with Crippen molar-refractivity contribution in [2.75, 3.05) is 13.2 Å². The van der Waals surface area contributed by atoms with Gasteiger partial charge in [0.05, 0.1) is 0 Å². The van der Waals surface area contributed by atoms with E-state index < -0.39 is 6.10 Å². The van der Waals surface area contributed by atoms with Gasteiger partial charge >= 0.3 is 17.9 Å². The van der Waals surface area contributed by atoms with Crippen molar-refractivity contribution in [2.45, 2.75) is 271 Å². The van der Waals surface area contributed by atoms with Crippen molar-refractivity contribution in [3.05, 3.63) is 36.5 Å². The van der Waals surface area contributed by atoms with Gasteiger partial charge in [0.2, 0.25) is 0 Å². The lowest BCUT2D eigenvalue weighted by molar-refractivity contribution is -0.167. The van der Waals surface area contributed by atoms with E-state index in [4.69, 9.17) is 14.2 Å². The van der Waals surface area contributed by atoms with E-state index in [1.54, 1.807) is 0 Å². The van der Waals surface area contributed by atoms with E-state index in [0.717, 1.165) is 77.0 Å². The molecule has 0 aliphatic heterocycles. The van der Waals surface area contributed by atoms with Gasteiger partial charge in [0.15, 0.2) is 6.10 Å². The van der Waals surface area contributed by atoms with Crippen LogP contribution in [-0.2, 0) is 28.6 Å². The first-order chi connectivity index (χ1) is 29.0. The molecule has 0 bridgehead atoms. The molecule has 0 saturated heterocycles. The van der Waals surface area contributed by atoms with Crippen molar-refractivity contribution < 1.29 is 28.6 Å². The SMILES string of the molecule is CCCCCCC/C=C\C/C=C\C/C=C\CCCCCCCCC(=O)OCC(COC(=O)CCCCCCCCC)OC(=O)CCCCCCCCCCCCCCC. The number of allylic oxidation sites excluding steroid dienone is 6. The van der Waals surface area contributed by atoms with Gasteiger partial charge in [-0.05, 0) is 57.8 Å². The molecule has 0 aliphatic carbocycles. The summed E-state index contributed by atoms with van der Waals surface area (Å²) in [6.45, 7) is 6.59. The van der Waals surface area contributed by atoms with Crippen LogP contribution in [0.3, 0.4) is 0 Å². The molecule has 1 atom stereocenters. The van der Waals surface area contributed by atoms with Gasteiger partial charge in [0, 0.05) is 19.3 Å². The minimum Gasteiger partial charge on any atom is -0.462 e. The second-order valence-electron chi connectivity index (χ2n) is 17.1. The Morgan fingerprint density at radius 3 is 0.949 bits per heavy atom. The Kier molecular flexibility index (Phi) is 46.4. The third-order valence-corrected chi connectivity index (χ3v) is 11.1. The molecule has 6 nitrogen and oxygen atoms in total. The van der Waals surface area contributed by atoms with E-state index in [-0.39, 0.29) is 31.1 Å². The molecular formula is C53H96O6. The number of esters is 3. The molecule has 0 saturated carbocycles. The molecule has 0 amide bonds. The average molecular weight is 829 g/mol. The molecule has 0 rings (SSSR count). The highest BCUT2D eigenvalue weighted by atomic mass is 16.6. The maximum Gasteiger partial charge on any atom is 0.306 e. The fraction of sp³-hybridized carbons (Fsp3) is 0.830. The number of ether oxygens (including phenoxy) is 3. The molecule has 0 aliphatic rings. The Morgan fingerprint density at radius 2 is 0.610 bits per heavy atom. The minimum absolute atomic E-state index is 0.0736. The van der Waals surface area contributed by atoms with Crippen LogP contribution in [0, 0.1) is 0 Å². The zero-order valence-electron chi connectivity index (χ0n) is 39.3. The zero-order chi connectivity index (χ0) is 43.0. The van der Waals surface area contributed by atoms with Crippen molar-refractivity contribution >= 4 is 17.9 Å². The monoisotopic (exact) mass is 829 g/mol. The normalized spacial score (nSPS) is 12.3. The summed E-state index contributed by atoms with van der Waals surface area (Å²) in [6.07, 6.45) is 55.7. The van der Waals surface area contributed by atoms with E-state index in [0.29, 0.717) is 19.3 Å². The summed E-state index contributed by atoms with van der Waals surface area (Å²) >= 11 is 0. The highest BCUT2D eigenvalue weighted by Crippen LogP contribution is 2.15. The van der Waals surface area contributed by atoms with E-state index >= 15 is 0 Å². The molecule has 59 heavy (non-hydrogen) atoms. The smallest absolute Gasteiger partial charge is 0.306 e. The Morgan fingerprint density at radius 1 is 0.339 bits per heavy atom. The number of rotatable bonds is 46. The highest BCUT2D eigenvalue weighted by Gasteiger charge is 2.19. The van der Waals surface area contributed by atoms with Gasteiger partial charge in [-0.15, -0.1) is 0 Å². The van der Waals surface area contributed by atoms with Crippen LogP contribution in [-0.4, -0.2) is 37.2 Å². The third kappa shape index (κ3) is 46.5. The third-order valence-electron chi connectivity index (χ3n) is 11.1. The van der Waals surface area contributed by atoms with Crippen LogP contribution >= 0.6 is 0 Å². The lowest BCUT2D eigenvalue weighted by atomic mass is 10.0. The molecule has 344 valence electrons. The highest BCUT2D eigenvalue weighted by molar-refractivity contribution is 5.71. The predicted octanol–water partition coefficient (Wildman–Crippen LogP) is 16.5. The van der Waals surface area contributed by atoms with E-state index in [1.807, 2.05) is 0 Å². The van der Waals surface area contributed by atoms with E-state index in [1.165, 1.54) is 148 Å². The van der Waals surface area contributed by atoms with Gasteiger partial charge < -0.3 is 14.2 Å². The van der Waals surface area contributed by atoms with Gasteiger partial charge in [-0.25, -0.2) is 0 Å². The molecule has 1 unspecified atom stereocenters. The van der Waals surface area contributed by atoms with Crippen LogP contribution in [0.1, 0.15) is 265 Å². The summed E-state index contributed by atoms with van der Waals surface area (Å²) < 4.78 is 16.7. The van der Waals surface area contributed by atoms with Gasteiger partial charge in [0.1, 0.15) is 13.2 Å². The van der Waals surface area contributed by atoms with Gasteiger partial charge in [-0.3, -0.25) is 14.4 Å². The van der Waals surface area contributed by atoms with Crippen molar-refractivity contribution in [1.29, 1.82) is 0 Å². The van der Waals surface area contributed by atoms with Crippen LogP contribution in [0.15, 0.2) is 36.5 Å². The van der Waals surface area contributed by atoms with Gasteiger partial charge in [-0.1, -0.05) is 224 Å². The lowest BCUT2D eigenvalue weighted by Crippen LogP contribution is -2.30. The van der Waals surface area contributed by atoms with Crippen LogP contribution in [0.2, 0.25) is 0 Å². The first kappa shape index (κ1) is 56.6. The van der Waals surface area contributed by atoms with Crippen molar-refractivity contribution in [2.24, 2.45) is 0 Å². The number of carbonyl (C=O) groups excluding carboxylic acids is 3. The van der Waals surface area contributed by atoms with E-state index in [2.05, 4.69) is 57.2 Å². The Hall–Kier alpha value is -2.37. The largest absolute Gasteiger partial charge is 0.462 e. The summed E-state index contributed by atoms with van der Waals surface area (Å²) in [5.41, 5.74) is 0. The Bertz CT molecular complexity index is 1000. The molecule has 0 N–H and O–H groups in total. The molecular weight excluding hydrogens is 733 g/mol. The number of unbranched alkanes of at least 4 members (excludes halogenated alkanes) is 29. The number of hydrogen-bond donors (Lipinski definition) is 0. The fourth-order valence-electron chi connectivity index (χ4n) is 7.27. The maximum atomic E-state index is 12.7. The second kappa shape index (κ2) is 48.3. The average Bonchev–Trinajstić information content (AvgIpc) is 3.23. The first-order valence-corrected chi connectivity index (χ1v) is 25.5. The molecule has 0 aromatic heterocycles. The van der Waals surface area contributed by atoms with Crippen LogP contribution in [0.25, 0.3) is 0 Å². The fourth-order valence-corrected chi connectivity index (χ4v) is 7.27. The van der Waals surface area contributed by atoms with Crippen molar-refractivity contribution in [3.63, 3.8) is 0 Å². The maximum absolute atomic E-state index is 12.7. The second-order valence-corrected chi connectivity index (χ2v) is 17.1. The van der Waals surface area contributed by atoms with E-state index in [9.17, 15) is 14.4 Å². The standard InChI is InChI=1S/C53H96O6/c1-4-7-10-13-16-18-20-22-23-24-25-26-27-28-29-31-32-34-37-40-43-46-52(55)58-49-50(48-57-51(54)45-42-39-36-15-12-9-6-3)59-53(56)47-44-41-38-35-33-30-21-19-17-14-11-8-5-2/h20,22,24-25,27-28,50H,4-19,21,23,26,29-49H2,1-3H3/b22-20-,25-24-,28-27-. The predicted molar refractivity (Wildman–Crippen MR) is 252 cm³/mol. The van der Waals surface area contributed by atoms with Crippen molar-refractivity contribution in [1.82, 2.24) is 0 Å². The quantitative estimate of drug-likeness (QED) is 0.0263. The molecule has 6 heteroatoms. The number of hydrogen-bond acceptors (Lipinski definition) is 6.